The number of fused-ring (bicyclic) bond motifs is 1. The Bertz CT molecular complexity index is 751. The van der Waals surface area contributed by atoms with Crippen LogP contribution >= 0.6 is 0 Å². The smallest absolute Gasteiger partial charge is 0.437 e. The van der Waals surface area contributed by atoms with Crippen molar-refractivity contribution < 1.29 is 14.4 Å². The molecule has 0 spiro atoms. The van der Waals surface area contributed by atoms with E-state index in [1.807, 2.05) is 49.4 Å². The molecule has 2 aromatic carbocycles. The highest BCUT2D eigenvalue weighted by Crippen LogP contribution is 2.26. The monoisotopic (exact) mass is 310 g/mol. The molecule has 1 heterocycles. The number of hydrogen-bond acceptors (Lipinski definition) is 4. The predicted molar refractivity (Wildman–Crippen MR) is 89.1 cm³/mol. The van der Waals surface area contributed by atoms with Crippen molar-refractivity contribution in [1.82, 2.24) is 0 Å². The van der Waals surface area contributed by atoms with Crippen LogP contribution < -0.4 is 10.1 Å². The summed E-state index contributed by atoms with van der Waals surface area (Å²) in [6.07, 6.45) is 0.281. The van der Waals surface area contributed by atoms with Crippen molar-refractivity contribution in [3.8, 4) is 5.75 Å². The molecule has 0 bridgehead atoms. The van der Waals surface area contributed by atoms with Crippen LogP contribution in [0.25, 0.3) is 0 Å². The molecule has 1 aliphatic rings. The average Bonchev–Trinajstić information content (AvgIpc) is 3.02. The standard InChI is InChI=1S/C18H18N2O3/c1-12-3-6-16(7-4-12)19-18(21)23-20-13(2)14-5-8-17-15(11-14)9-10-22-17/h3-8,11H,9-10H2,1-2H3,(H,19,21). The number of aryl methyl sites for hydroxylation is 1. The largest absolute Gasteiger partial charge is 0.493 e. The van der Waals surface area contributed by atoms with E-state index in [1.54, 1.807) is 6.92 Å². The Kier molecular flexibility index (Phi) is 4.28. The Labute approximate surface area is 134 Å². The number of carbonyl (C=O) groups is 1. The van der Waals surface area contributed by atoms with Gasteiger partial charge in [-0.15, -0.1) is 0 Å². The lowest BCUT2D eigenvalue weighted by Crippen LogP contribution is -2.12. The number of nitrogens with zero attached hydrogens (tertiary/aromatic N) is 1. The van der Waals surface area contributed by atoms with Crippen molar-refractivity contribution >= 4 is 17.5 Å². The van der Waals surface area contributed by atoms with E-state index in [0.717, 1.165) is 28.9 Å². The normalized spacial score (nSPS) is 13.2. The van der Waals surface area contributed by atoms with Crippen LogP contribution in [0.1, 0.15) is 23.6 Å². The highest BCUT2D eigenvalue weighted by molar-refractivity contribution is 5.99. The van der Waals surface area contributed by atoms with Crippen molar-refractivity contribution in [3.63, 3.8) is 0 Å². The lowest BCUT2D eigenvalue weighted by Gasteiger charge is -2.05. The summed E-state index contributed by atoms with van der Waals surface area (Å²) >= 11 is 0. The van der Waals surface area contributed by atoms with Crippen LogP contribution in [0.4, 0.5) is 10.5 Å². The first-order valence-electron chi connectivity index (χ1n) is 7.47. The molecule has 0 saturated heterocycles. The third kappa shape index (κ3) is 3.69. The van der Waals surface area contributed by atoms with E-state index in [1.165, 1.54) is 0 Å². The molecule has 23 heavy (non-hydrogen) atoms. The van der Waals surface area contributed by atoms with Gasteiger partial charge in [-0.2, -0.15) is 0 Å². The molecule has 0 aromatic heterocycles. The minimum atomic E-state index is -0.613. The number of amides is 1. The molecule has 5 heteroatoms. The molecule has 5 nitrogen and oxygen atoms in total. The van der Waals surface area contributed by atoms with Gasteiger partial charge in [0.2, 0.25) is 0 Å². The summed E-state index contributed by atoms with van der Waals surface area (Å²) in [5.41, 5.74) is 4.50. The summed E-state index contributed by atoms with van der Waals surface area (Å²) in [7, 11) is 0. The number of carbonyl (C=O) groups excluding carboxylic acids is 1. The zero-order valence-corrected chi connectivity index (χ0v) is 13.1. The van der Waals surface area contributed by atoms with Crippen LogP contribution in [-0.4, -0.2) is 18.4 Å². The molecule has 0 aliphatic carbocycles. The van der Waals surface area contributed by atoms with E-state index in [9.17, 15) is 4.79 Å². The lowest BCUT2D eigenvalue weighted by atomic mass is 10.1. The van der Waals surface area contributed by atoms with Gasteiger partial charge in [0.15, 0.2) is 0 Å². The second-order valence-electron chi connectivity index (χ2n) is 5.47. The number of benzene rings is 2. The third-order valence-electron chi connectivity index (χ3n) is 3.67. The van der Waals surface area contributed by atoms with Crippen LogP contribution in [0.5, 0.6) is 5.75 Å². The summed E-state index contributed by atoms with van der Waals surface area (Å²) in [5, 5.41) is 6.53. The van der Waals surface area contributed by atoms with E-state index in [0.29, 0.717) is 18.0 Å². The number of ether oxygens (including phenoxy) is 1. The van der Waals surface area contributed by atoms with Gasteiger partial charge in [0.25, 0.3) is 0 Å². The predicted octanol–water partition coefficient (Wildman–Crippen LogP) is 3.90. The molecule has 0 fully saturated rings. The summed E-state index contributed by atoms with van der Waals surface area (Å²) < 4.78 is 5.47. The number of nitrogens with one attached hydrogen (secondary N) is 1. The molecular weight excluding hydrogens is 292 g/mol. The fourth-order valence-electron chi connectivity index (χ4n) is 2.35. The van der Waals surface area contributed by atoms with E-state index >= 15 is 0 Å². The summed E-state index contributed by atoms with van der Waals surface area (Å²) in [4.78, 5) is 16.7. The number of rotatable bonds is 3. The molecule has 2 aromatic rings. The number of anilines is 1. The maximum atomic E-state index is 11.8. The first kappa shape index (κ1) is 15.1. The molecule has 0 radical (unpaired) electrons. The van der Waals surface area contributed by atoms with Crippen LogP contribution in [0.2, 0.25) is 0 Å². The molecule has 3 rings (SSSR count). The first-order valence-corrected chi connectivity index (χ1v) is 7.47. The maximum absolute atomic E-state index is 11.8. The zero-order valence-electron chi connectivity index (χ0n) is 13.1. The molecule has 1 N–H and O–H groups in total. The SMILES string of the molecule is CC(=NOC(=O)Nc1ccc(C)cc1)c1ccc2c(c1)CCO2. The van der Waals surface area contributed by atoms with Gasteiger partial charge in [-0.05, 0) is 55.3 Å². The minimum Gasteiger partial charge on any atom is -0.493 e. The lowest BCUT2D eigenvalue weighted by molar-refractivity contribution is 0.166. The Morgan fingerprint density at radius 3 is 2.78 bits per heavy atom. The number of oxime groups is 1. The van der Waals surface area contributed by atoms with Crippen molar-refractivity contribution in [2.75, 3.05) is 11.9 Å². The van der Waals surface area contributed by atoms with Gasteiger partial charge in [-0.25, -0.2) is 4.79 Å². The van der Waals surface area contributed by atoms with E-state index in [4.69, 9.17) is 9.57 Å². The second-order valence-corrected chi connectivity index (χ2v) is 5.47. The zero-order chi connectivity index (χ0) is 16.2. The quantitative estimate of drug-likeness (QED) is 0.531. The maximum Gasteiger partial charge on any atom is 0.437 e. The molecule has 0 atom stereocenters. The van der Waals surface area contributed by atoms with Crippen molar-refractivity contribution in [2.45, 2.75) is 20.3 Å². The Balaban J connectivity index is 1.62. The van der Waals surface area contributed by atoms with Gasteiger partial charge in [0.1, 0.15) is 5.75 Å². The summed E-state index contributed by atoms with van der Waals surface area (Å²) in [6, 6.07) is 13.3. The number of hydrogen-bond donors (Lipinski definition) is 1. The summed E-state index contributed by atoms with van der Waals surface area (Å²) in [6.45, 7) is 4.50. The fraction of sp³-hybridized carbons (Fsp3) is 0.222. The van der Waals surface area contributed by atoms with Gasteiger partial charge in [-0.3, -0.25) is 10.2 Å². The van der Waals surface area contributed by atoms with Gasteiger partial charge in [0.05, 0.1) is 12.3 Å². The van der Waals surface area contributed by atoms with Crippen LogP contribution in [-0.2, 0) is 11.3 Å². The molecule has 1 amide bonds. The minimum absolute atomic E-state index is 0.613. The van der Waals surface area contributed by atoms with Gasteiger partial charge in [0, 0.05) is 12.1 Å². The van der Waals surface area contributed by atoms with Gasteiger partial charge < -0.3 is 4.74 Å². The molecule has 0 saturated carbocycles. The molecule has 118 valence electrons. The highest BCUT2D eigenvalue weighted by atomic mass is 16.7. The highest BCUT2D eigenvalue weighted by Gasteiger charge is 2.13. The summed E-state index contributed by atoms with van der Waals surface area (Å²) in [5.74, 6) is 0.916. The van der Waals surface area contributed by atoms with Crippen LogP contribution in [0.3, 0.4) is 0 Å². The Hall–Kier alpha value is -2.82. The van der Waals surface area contributed by atoms with E-state index in [-0.39, 0.29) is 0 Å². The second kappa shape index (κ2) is 6.52. The van der Waals surface area contributed by atoms with Crippen LogP contribution in [0, 0.1) is 6.92 Å². The first-order chi connectivity index (χ1) is 11.1. The van der Waals surface area contributed by atoms with Gasteiger partial charge in [-0.1, -0.05) is 22.9 Å². The van der Waals surface area contributed by atoms with Gasteiger partial charge >= 0.3 is 6.09 Å². The molecule has 1 aliphatic heterocycles. The van der Waals surface area contributed by atoms with Crippen molar-refractivity contribution in [2.24, 2.45) is 5.16 Å². The topological polar surface area (TPSA) is 59.9 Å². The van der Waals surface area contributed by atoms with E-state index in [2.05, 4.69) is 10.5 Å². The average molecular weight is 310 g/mol. The van der Waals surface area contributed by atoms with E-state index < -0.39 is 6.09 Å². The molecular formula is C18H18N2O3. The van der Waals surface area contributed by atoms with Crippen molar-refractivity contribution in [1.29, 1.82) is 0 Å². The fourth-order valence-corrected chi connectivity index (χ4v) is 2.35. The Morgan fingerprint density at radius 2 is 2.00 bits per heavy atom. The molecule has 0 unspecified atom stereocenters. The third-order valence-corrected chi connectivity index (χ3v) is 3.67. The van der Waals surface area contributed by atoms with Crippen molar-refractivity contribution in [3.05, 3.63) is 59.2 Å². The Morgan fingerprint density at radius 1 is 1.22 bits per heavy atom. The van der Waals surface area contributed by atoms with Crippen LogP contribution in [0.15, 0.2) is 47.6 Å².